The first-order valence-corrected chi connectivity index (χ1v) is 9.24. The van der Waals surface area contributed by atoms with E-state index in [1.807, 2.05) is 6.92 Å². The minimum Gasteiger partial charge on any atom is -0.494 e. The SMILES string of the molecule is CCOc1ccc(C(=O)Cn2cnc3sc4c(c3c2=O)CCC4)cc1. The van der Waals surface area contributed by atoms with Gasteiger partial charge in [0.25, 0.3) is 5.56 Å². The molecule has 2 aromatic heterocycles. The number of carbonyl (C=O) groups is 1. The van der Waals surface area contributed by atoms with Gasteiger partial charge in [0.15, 0.2) is 5.78 Å². The molecule has 0 spiro atoms. The number of hydrogen-bond acceptors (Lipinski definition) is 5. The third-order valence-corrected chi connectivity index (χ3v) is 5.69. The molecule has 128 valence electrons. The molecular weight excluding hydrogens is 336 g/mol. The van der Waals surface area contributed by atoms with Gasteiger partial charge < -0.3 is 4.74 Å². The van der Waals surface area contributed by atoms with E-state index in [4.69, 9.17) is 4.74 Å². The number of carbonyl (C=O) groups excluding carboxylic acids is 1. The highest BCUT2D eigenvalue weighted by atomic mass is 32.1. The predicted octanol–water partition coefficient (Wildman–Crippen LogP) is 3.23. The van der Waals surface area contributed by atoms with Gasteiger partial charge in [-0.1, -0.05) is 0 Å². The number of ether oxygens (including phenoxy) is 1. The van der Waals surface area contributed by atoms with E-state index in [9.17, 15) is 9.59 Å². The molecule has 1 aromatic carbocycles. The van der Waals surface area contributed by atoms with E-state index in [1.54, 1.807) is 35.6 Å². The van der Waals surface area contributed by atoms with Crippen molar-refractivity contribution in [3.05, 3.63) is 57.0 Å². The normalized spacial score (nSPS) is 13.2. The van der Waals surface area contributed by atoms with Gasteiger partial charge in [0, 0.05) is 10.4 Å². The van der Waals surface area contributed by atoms with Crippen LogP contribution in [-0.4, -0.2) is 21.9 Å². The van der Waals surface area contributed by atoms with Crippen LogP contribution in [0.1, 0.15) is 34.1 Å². The summed E-state index contributed by atoms with van der Waals surface area (Å²) in [5.41, 5.74) is 1.59. The highest BCUT2D eigenvalue weighted by molar-refractivity contribution is 7.18. The number of benzene rings is 1. The molecule has 1 aliphatic rings. The first-order chi connectivity index (χ1) is 12.2. The van der Waals surface area contributed by atoms with Crippen molar-refractivity contribution in [2.24, 2.45) is 0 Å². The first-order valence-electron chi connectivity index (χ1n) is 8.43. The summed E-state index contributed by atoms with van der Waals surface area (Å²) < 4.78 is 6.81. The molecule has 0 saturated carbocycles. The molecule has 0 bridgehead atoms. The third-order valence-electron chi connectivity index (χ3n) is 4.49. The summed E-state index contributed by atoms with van der Waals surface area (Å²) in [6.45, 7) is 2.50. The van der Waals surface area contributed by atoms with E-state index in [0.29, 0.717) is 17.6 Å². The number of rotatable bonds is 5. The number of hydrogen-bond donors (Lipinski definition) is 0. The third kappa shape index (κ3) is 2.87. The molecule has 0 atom stereocenters. The van der Waals surface area contributed by atoms with Crippen molar-refractivity contribution in [2.75, 3.05) is 6.61 Å². The zero-order chi connectivity index (χ0) is 17.4. The fourth-order valence-corrected chi connectivity index (χ4v) is 4.50. The topological polar surface area (TPSA) is 61.2 Å². The van der Waals surface area contributed by atoms with Crippen molar-refractivity contribution in [3.8, 4) is 5.75 Å². The van der Waals surface area contributed by atoms with Crippen molar-refractivity contribution < 1.29 is 9.53 Å². The molecule has 0 amide bonds. The predicted molar refractivity (Wildman–Crippen MR) is 97.8 cm³/mol. The standard InChI is InChI=1S/C19H18N2O3S/c1-2-24-13-8-6-12(7-9-13)15(22)10-21-11-20-18-17(19(21)23)14-4-3-5-16(14)25-18/h6-9,11H,2-5,10H2,1H3. The monoisotopic (exact) mass is 354 g/mol. The molecule has 0 saturated heterocycles. The lowest BCUT2D eigenvalue weighted by Gasteiger charge is -2.07. The number of aromatic nitrogens is 2. The van der Waals surface area contributed by atoms with Crippen molar-refractivity contribution in [1.29, 1.82) is 0 Å². The number of ketones is 1. The van der Waals surface area contributed by atoms with Crippen LogP contribution in [0, 0.1) is 0 Å². The molecule has 0 aliphatic heterocycles. The molecular formula is C19H18N2O3S. The summed E-state index contributed by atoms with van der Waals surface area (Å²) in [6, 6.07) is 7.00. The van der Waals surface area contributed by atoms with E-state index in [2.05, 4.69) is 4.98 Å². The average Bonchev–Trinajstić information content (AvgIpc) is 3.19. The Morgan fingerprint density at radius 2 is 2.08 bits per heavy atom. The van der Waals surface area contributed by atoms with E-state index in [0.717, 1.165) is 35.4 Å². The number of aryl methyl sites for hydroxylation is 2. The van der Waals surface area contributed by atoms with E-state index in [-0.39, 0.29) is 17.9 Å². The minimum absolute atomic E-state index is 0.000372. The summed E-state index contributed by atoms with van der Waals surface area (Å²) in [5.74, 6) is 0.617. The maximum atomic E-state index is 12.8. The van der Waals surface area contributed by atoms with Crippen LogP contribution in [0.5, 0.6) is 5.75 Å². The lowest BCUT2D eigenvalue weighted by atomic mass is 10.1. The summed E-state index contributed by atoms with van der Waals surface area (Å²) in [7, 11) is 0. The largest absolute Gasteiger partial charge is 0.494 e. The average molecular weight is 354 g/mol. The van der Waals surface area contributed by atoms with Gasteiger partial charge in [-0.05, 0) is 56.0 Å². The molecule has 6 heteroatoms. The molecule has 0 unspecified atom stereocenters. The van der Waals surface area contributed by atoms with Gasteiger partial charge in [-0.15, -0.1) is 11.3 Å². The molecule has 0 radical (unpaired) electrons. The Morgan fingerprint density at radius 3 is 2.84 bits per heavy atom. The second-order valence-corrected chi connectivity index (χ2v) is 7.18. The van der Waals surface area contributed by atoms with Gasteiger partial charge >= 0.3 is 0 Å². The Kier molecular flexibility index (Phi) is 4.13. The summed E-state index contributed by atoms with van der Waals surface area (Å²) in [6.07, 6.45) is 4.55. The Labute approximate surface area is 148 Å². The smallest absolute Gasteiger partial charge is 0.262 e. The van der Waals surface area contributed by atoms with Crippen molar-refractivity contribution in [1.82, 2.24) is 9.55 Å². The highest BCUT2D eigenvalue weighted by Crippen LogP contribution is 2.34. The van der Waals surface area contributed by atoms with Crippen LogP contribution >= 0.6 is 11.3 Å². The zero-order valence-corrected chi connectivity index (χ0v) is 14.8. The van der Waals surface area contributed by atoms with E-state index in [1.165, 1.54) is 15.8 Å². The highest BCUT2D eigenvalue weighted by Gasteiger charge is 2.21. The second kappa shape index (κ2) is 6.44. The van der Waals surface area contributed by atoms with Gasteiger partial charge in [0.05, 0.1) is 24.9 Å². The van der Waals surface area contributed by atoms with Crippen molar-refractivity contribution >= 4 is 27.3 Å². The number of thiophene rings is 1. The zero-order valence-electron chi connectivity index (χ0n) is 13.9. The molecule has 25 heavy (non-hydrogen) atoms. The van der Waals surface area contributed by atoms with Gasteiger partial charge in [-0.25, -0.2) is 4.98 Å². The Balaban J connectivity index is 1.63. The molecule has 2 heterocycles. The quantitative estimate of drug-likeness (QED) is 0.660. The number of Topliss-reactive ketones (excluding diaryl/α,β-unsaturated/α-hetero) is 1. The lowest BCUT2D eigenvalue weighted by Crippen LogP contribution is -2.24. The summed E-state index contributed by atoms with van der Waals surface area (Å²) >= 11 is 1.61. The van der Waals surface area contributed by atoms with Crippen molar-refractivity contribution in [2.45, 2.75) is 32.7 Å². The van der Waals surface area contributed by atoms with Crippen LogP contribution in [0.15, 0.2) is 35.4 Å². The molecule has 5 nitrogen and oxygen atoms in total. The minimum atomic E-state index is -0.113. The fraction of sp³-hybridized carbons (Fsp3) is 0.316. The van der Waals surface area contributed by atoms with Gasteiger partial charge in [0.2, 0.25) is 0 Å². The lowest BCUT2D eigenvalue weighted by molar-refractivity contribution is 0.0970. The molecule has 0 fully saturated rings. The van der Waals surface area contributed by atoms with Gasteiger partial charge in [-0.3, -0.25) is 14.2 Å². The molecule has 1 aliphatic carbocycles. The van der Waals surface area contributed by atoms with Crippen LogP contribution < -0.4 is 10.3 Å². The van der Waals surface area contributed by atoms with Crippen LogP contribution in [0.4, 0.5) is 0 Å². The maximum Gasteiger partial charge on any atom is 0.262 e. The van der Waals surface area contributed by atoms with Crippen molar-refractivity contribution in [3.63, 3.8) is 0 Å². The van der Waals surface area contributed by atoms with E-state index < -0.39 is 0 Å². The number of fused-ring (bicyclic) bond motifs is 3. The van der Waals surface area contributed by atoms with Crippen LogP contribution in [0.2, 0.25) is 0 Å². The summed E-state index contributed by atoms with van der Waals surface area (Å²) in [5, 5.41) is 0.708. The van der Waals surface area contributed by atoms with Crippen LogP contribution in [0.3, 0.4) is 0 Å². The Hall–Kier alpha value is -2.47. The van der Waals surface area contributed by atoms with Crippen LogP contribution in [0.25, 0.3) is 10.2 Å². The molecule has 3 aromatic rings. The van der Waals surface area contributed by atoms with Gasteiger partial charge in [-0.2, -0.15) is 0 Å². The first kappa shape index (κ1) is 16.0. The van der Waals surface area contributed by atoms with Crippen LogP contribution in [-0.2, 0) is 19.4 Å². The second-order valence-electron chi connectivity index (χ2n) is 6.10. The van der Waals surface area contributed by atoms with Gasteiger partial charge in [0.1, 0.15) is 10.6 Å². The summed E-state index contributed by atoms with van der Waals surface area (Å²) in [4.78, 5) is 31.8. The fourth-order valence-electron chi connectivity index (χ4n) is 3.28. The Bertz CT molecular complexity index is 1000. The Morgan fingerprint density at radius 1 is 1.28 bits per heavy atom. The number of nitrogens with zero attached hydrogens (tertiary/aromatic N) is 2. The van der Waals surface area contributed by atoms with E-state index >= 15 is 0 Å². The molecule has 4 rings (SSSR count). The maximum absolute atomic E-state index is 12.8. The molecule has 0 N–H and O–H groups in total.